The molecule has 0 aromatic heterocycles. The van der Waals surface area contributed by atoms with Gasteiger partial charge in [-0.15, -0.1) is 0 Å². The molecule has 136 valence electrons. The second-order valence-corrected chi connectivity index (χ2v) is 11.2. The van der Waals surface area contributed by atoms with E-state index in [0.717, 1.165) is 23.7 Å². The molecule has 24 heavy (non-hydrogen) atoms. The van der Waals surface area contributed by atoms with E-state index in [9.17, 15) is 4.39 Å². The highest BCUT2D eigenvalue weighted by Crippen LogP contribution is 2.52. The van der Waals surface area contributed by atoms with Gasteiger partial charge in [-0.25, -0.2) is 4.39 Å². The second kappa shape index (κ2) is 7.66. The Labute approximate surface area is 150 Å². The molecule has 1 aromatic carbocycles. The third-order valence-electron chi connectivity index (χ3n) is 5.42. The van der Waals surface area contributed by atoms with E-state index < -0.39 is 9.39 Å². The highest BCUT2D eigenvalue weighted by molar-refractivity contribution is 8.25. The molecule has 4 heteroatoms. The average molecular weight is 351 g/mol. The fraction of sp³-hybridized carbons (Fsp3) is 0.600. The Hall–Kier alpha value is -0.735. The number of benzene rings is 1. The van der Waals surface area contributed by atoms with Gasteiger partial charge in [0.1, 0.15) is 5.82 Å². The lowest BCUT2D eigenvalue weighted by molar-refractivity contribution is 0.177. The van der Waals surface area contributed by atoms with Crippen LogP contribution in [0.2, 0.25) is 12.6 Å². The van der Waals surface area contributed by atoms with Crippen LogP contribution in [-0.4, -0.2) is 24.7 Å². The molecule has 1 heterocycles. The van der Waals surface area contributed by atoms with Crippen molar-refractivity contribution in [1.29, 1.82) is 0 Å². The zero-order chi connectivity index (χ0) is 18.8. The first-order chi connectivity index (χ1) is 10.9. The molecule has 0 amide bonds. The maximum Gasteiger partial charge on any atom is 0.177 e. The largest absolute Gasteiger partial charge is 0.271 e. The fourth-order valence-electron chi connectivity index (χ4n) is 3.36. The molecule has 1 aliphatic heterocycles. The number of hydrogen-bond donors (Lipinski definition) is 1. The molecular formula is C20H35BFNS. The minimum absolute atomic E-state index is 0.137. The van der Waals surface area contributed by atoms with Gasteiger partial charge in [0.05, 0.1) is 0 Å². The van der Waals surface area contributed by atoms with E-state index in [1.807, 2.05) is 20.1 Å². The van der Waals surface area contributed by atoms with Gasteiger partial charge >= 0.3 is 0 Å². The molecule has 0 bridgehead atoms. The fourth-order valence-corrected chi connectivity index (χ4v) is 3.88. The summed E-state index contributed by atoms with van der Waals surface area (Å²) in [7, 11) is -1.28. The average Bonchev–Trinajstić information content (AvgIpc) is 2.66. The van der Waals surface area contributed by atoms with E-state index in [4.69, 9.17) is 0 Å². The van der Waals surface area contributed by atoms with Gasteiger partial charge in [-0.05, 0) is 34.8 Å². The summed E-state index contributed by atoms with van der Waals surface area (Å²) in [5, 5.41) is 0. The highest BCUT2D eigenvalue weighted by atomic mass is 32.2. The van der Waals surface area contributed by atoms with Crippen LogP contribution in [0, 0.1) is 16.6 Å². The molecule has 1 aliphatic rings. The van der Waals surface area contributed by atoms with Gasteiger partial charge in [-0.1, -0.05) is 77.5 Å². The first kappa shape index (κ1) is 21.3. The van der Waals surface area contributed by atoms with Crippen molar-refractivity contribution in [3.05, 3.63) is 29.6 Å². The summed E-state index contributed by atoms with van der Waals surface area (Å²) < 4.78 is 17.3. The molecule has 0 saturated carbocycles. The lowest BCUT2D eigenvalue weighted by atomic mass is 9.42. The van der Waals surface area contributed by atoms with Crippen LogP contribution < -0.4 is 10.2 Å². The summed E-state index contributed by atoms with van der Waals surface area (Å²) >= 11 is 0. The molecule has 0 radical (unpaired) electrons. The SMILES string of the molecule is C=S(=C)(C)NCc1cc(F)cc(B2CC(C)(C)C(C)(C)C2)c1.CC. The summed E-state index contributed by atoms with van der Waals surface area (Å²) in [6.45, 7) is 14.4. The Kier molecular flexibility index (Phi) is 6.80. The van der Waals surface area contributed by atoms with Gasteiger partial charge in [-0.3, -0.25) is 4.72 Å². The lowest BCUT2D eigenvalue weighted by Crippen LogP contribution is -2.29. The standard InChI is InChI=1S/C18H29BFNS.C2H6/c1-17(2)12-19(13-18(17,3)4)15-8-14(9-16(20)10-15)11-21-22(5,6)7;1-2/h8-10,21H,5-6,11-13H2,1-4,7H3;1-2H3. The quantitative estimate of drug-likeness (QED) is 0.600. The predicted molar refractivity (Wildman–Crippen MR) is 115 cm³/mol. The van der Waals surface area contributed by atoms with E-state index >= 15 is 0 Å². The summed E-state index contributed by atoms with van der Waals surface area (Å²) in [5.41, 5.74) is 2.70. The third-order valence-corrected chi connectivity index (χ3v) is 6.26. The summed E-state index contributed by atoms with van der Waals surface area (Å²) in [6, 6.07) is 5.49. The Bertz CT molecular complexity index is 646. The van der Waals surface area contributed by atoms with Crippen molar-refractivity contribution in [2.45, 2.75) is 60.7 Å². The van der Waals surface area contributed by atoms with E-state index in [1.165, 1.54) is 0 Å². The zero-order valence-corrected chi connectivity index (χ0v) is 17.4. The van der Waals surface area contributed by atoms with Crippen molar-refractivity contribution in [3.63, 3.8) is 0 Å². The summed E-state index contributed by atoms with van der Waals surface area (Å²) in [6.07, 6.45) is 4.23. The van der Waals surface area contributed by atoms with Crippen LogP contribution in [0.25, 0.3) is 0 Å². The van der Waals surface area contributed by atoms with Crippen molar-refractivity contribution < 1.29 is 4.39 Å². The number of hydrogen-bond acceptors (Lipinski definition) is 1. The maximum atomic E-state index is 14.0. The highest BCUT2D eigenvalue weighted by Gasteiger charge is 2.48. The van der Waals surface area contributed by atoms with Crippen molar-refractivity contribution in [2.24, 2.45) is 10.8 Å². The van der Waals surface area contributed by atoms with Crippen LogP contribution >= 0.6 is 9.39 Å². The third kappa shape index (κ3) is 5.39. The van der Waals surface area contributed by atoms with Crippen LogP contribution in [0.4, 0.5) is 4.39 Å². The maximum absolute atomic E-state index is 14.0. The minimum atomic E-state index is -1.28. The van der Waals surface area contributed by atoms with Gasteiger partial charge in [0.2, 0.25) is 0 Å². The number of nitrogens with one attached hydrogen (secondary N) is 1. The van der Waals surface area contributed by atoms with Crippen molar-refractivity contribution >= 4 is 33.3 Å². The number of rotatable bonds is 4. The monoisotopic (exact) mass is 351 g/mol. The van der Waals surface area contributed by atoms with Gasteiger partial charge in [0.25, 0.3) is 0 Å². The Morgan fingerprint density at radius 2 is 1.58 bits per heavy atom. The molecule has 1 fully saturated rings. The molecule has 0 aliphatic carbocycles. The lowest BCUT2D eigenvalue weighted by Gasteiger charge is -2.35. The molecule has 1 saturated heterocycles. The van der Waals surface area contributed by atoms with Gasteiger partial charge in [0.15, 0.2) is 6.71 Å². The second-order valence-electron chi connectivity index (χ2n) is 8.36. The van der Waals surface area contributed by atoms with Crippen molar-refractivity contribution in [1.82, 2.24) is 4.72 Å². The Morgan fingerprint density at radius 3 is 2.04 bits per heavy atom. The van der Waals surface area contributed by atoms with Crippen LogP contribution in [0.1, 0.15) is 47.1 Å². The smallest absolute Gasteiger partial charge is 0.177 e. The van der Waals surface area contributed by atoms with Gasteiger partial charge in [0, 0.05) is 6.54 Å². The van der Waals surface area contributed by atoms with Crippen LogP contribution in [-0.2, 0) is 6.54 Å². The predicted octanol–water partition coefficient (Wildman–Crippen LogP) is 4.92. The van der Waals surface area contributed by atoms with E-state index in [0.29, 0.717) is 13.3 Å². The van der Waals surface area contributed by atoms with Crippen molar-refractivity contribution in [2.75, 3.05) is 6.26 Å². The topological polar surface area (TPSA) is 12.0 Å². The Balaban J connectivity index is 0.00000139. The van der Waals surface area contributed by atoms with Crippen LogP contribution in [0.3, 0.4) is 0 Å². The van der Waals surface area contributed by atoms with Crippen molar-refractivity contribution in [3.8, 4) is 0 Å². The normalized spacial score (nSPS) is 18.9. The molecule has 1 N–H and O–H groups in total. The van der Waals surface area contributed by atoms with E-state index in [-0.39, 0.29) is 16.6 Å². The number of halogens is 1. The van der Waals surface area contributed by atoms with Crippen LogP contribution in [0.15, 0.2) is 18.2 Å². The molecular weight excluding hydrogens is 316 g/mol. The van der Waals surface area contributed by atoms with Gasteiger partial charge in [-0.2, -0.15) is 9.39 Å². The molecule has 2 rings (SSSR count). The molecule has 1 nitrogen and oxygen atoms in total. The zero-order valence-electron chi connectivity index (χ0n) is 16.6. The van der Waals surface area contributed by atoms with E-state index in [2.05, 4.69) is 50.2 Å². The Morgan fingerprint density at radius 1 is 1.08 bits per heavy atom. The molecule has 0 atom stereocenters. The summed E-state index contributed by atoms with van der Waals surface area (Å²) in [4.78, 5) is 0. The molecule has 0 unspecified atom stereocenters. The summed E-state index contributed by atoms with van der Waals surface area (Å²) in [5.74, 6) is 7.89. The molecule has 1 aromatic rings. The first-order valence-corrected chi connectivity index (χ1v) is 11.3. The first-order valence-electron chi connectivity index (χ1n) is 8.88. The van der Waals surface area contributed by atoms with E-state index in [1.54, 1.807) is 12.1 Å². The van der Waals surface area contributed by atoms with Gasteiger partial charge < -0.3 is 0 Å². The minimum Gasteiger partial charge on any atom is -0.271 e. The van der Waals surface area contributed by atoms with Crippen LogP contribution in [0.5, 0.6) is 0 Å². The molecule has 0 spiro atoms.